The van der Waals surface area contributed by atoms with E-state index in [-0.39, 0.29) is 11.5 Å². The zero-order chi connectivity index (χ0) is 26.7. The van der Waals surface area contributed by atoms with Crippen LogP contribution in [0.5, 0.6) is 11.5 Å². The number of hydrogen-bond donors (Lipinski definition) is 0. The van der Waals surface area contributed by atoms with Crippen LogP contribution in [-0.2, 0) is 25.1 Å². The smallest absolute Gasteiger partial charge is 0.426 e. The maximum absolute atomic E-state index is 14.7. The van der Waals surface area contributed by atoms with Crippen LogP contribution in [-0.4, -0.2) is 0 Å². The molecule has 0 radical (unpaired) electrons. The topological polar surface area (TPSA) is 18.5 Å². The fourth-order valence-electron chi connectivity index (χ4n) is 4.03. The predicted octanol–water partition coefficient (Wildman–Crippen LogP) is 9.80. The van der Waals surface area contributed by atoms with Crippen molar-refractivity contribution in [2.45, 2.75) is 83.9 Å². The van der Waals surface area contributed by atoms with Gasteiger partial charge >= 0.3 is 12.2 Å². The molecule has 0 aliphatic carbocycles. The number of aryl methyl sites for hydroxylation is 2. The minimum Gasteiger partial charge on any atom is -0.429 e. The highest BCUT2D eigenvalue weighted by atomic mass is 19.3. The molecule has 0 aromatic heterocycles. The second-order valence-electron chi connectivity index (χ2n) is 9.37. The van der Waals surface area contributed by atoms with Gasteiger partial charge in [-0.15, -0.1) is 0 Å². The second kappa shape index (κ2) is 13.5. The van der Waals surface area contributed by atoms with Gasteiger partial charge in [0, 0.05) is 0 Å². The Balaban J connectivity index is 1.58. The third kappa shape index (κ3) is 8.80. The highest BCUT2D eigenvalue weighted by Gasteiger charge is 2.38. The third-order valence-electron chi connectivity index (χ3n) is 6.28. The van der Waals surface area contributed by atoms with Crippen LogP contribution in [0.4, 0.5) is 17.6 Å². The Morgan fingerprint density at radius 2 is 0.865 bits per heavy atom. The molecule has 0 saturated heterocycles. The predicted molar refractivity (Wildman–Crippen MR) is 139 cm³/mol. The maximum Gasteiger partial charge on any atom is 0.426 e. The SMILES string of the molecule is CCCCCCCc1ccc(OC(F)(F)c2ccc(C(F)(F)Oc3ccc(CCCC)cc3)cc2)cc1. The first-order chi connectivity index (χ1) is 17.7. The standard InChI is InChI=1S/C31H36F4O2/c1-3-5-7-8-9-11-25-14-22-29(23-15-25)37-31(34,35)27-18-16-26(17-19-27)30(32,33)36-28-20-12-24(13-21-28)10-6-4-2/h12-23H,3-11H2,1-2H3. The molecule has 0 atom stereocenters. The fraction of sp³-hybridized carbons (Fsp3) is 0.419. The number of ether oxygens (including phenoxy) is 2. The molecular weight excluding hydrogens is 480 g/mol. The van der Waals surface area contributed by atoms with E-state index < -0.39 is 23.3 Å². The minimum absolute atomic E-state index is 0.00685. The molecule has 3 aromatic carbocycles. The van der Waals surface area contributed by atoms with Gasteiger partial charge in [0.15, 0.2) is 0 Å². The normalized spacial score (nSPS) is 11.9. The number of alkyl halides is 4. The van der Waals surface area contributed by atoms with Crippen molar-refractivity contribution in [3.05, 3.63) is 95.1 Å². The van der Waals surface area contributed by atoms with E-state index in [0.29, 0.717) is 0 Å². The number of unbranched alkanes of at least 4 members (excludes halogenated alkanes) is 5. The van der Waals surface area contributed by atoms with E-state index in [2.05, 4.69) is 13.8 Å². The fourth-order valence-corrected chi connectivity index (χ4v) is 4.03. The summed E-state index contributed by atoms with van der Waals surface area (Å²) in [6, 6.07) is 16.8. The van der Waals surface area contributed by atoms with Gasteiger partial charge in [-0.25, -0.2) is 0 Å². The van der Waals surface area contributed by atoms with Gasteiger partial charge in [0.05, 0.1) is 11.1 Å². The molecule has 200 valence electrons. The molecule has 0 heterocycles. The molecule has 2 nitrogen and oxygen atoms in total. The zero-order valence-corrected chi connectivity index (χ0v) is 21.6. The van der Waals surface area contributed by atoms with Gasteiger partial charge in [0.1, 0.15) is 11.5 Å². The third-order valence-corrected chi connectivity index (χ3v) is 6.28. The molecule has 3 aromatic rings. The van der Waals surface area contributed by atoms with Crippen LogP contribution >= 0.6 is 0 Å². The first-order valence-electron chi connectivity index (χ1n) is 13.2. The molecule has 3 rings (SSSR count). The van der Waals surface area contributed by atoms with Gasteiger partial charge < -0.3 is 9.47 Å². The molecule has 0 fully saturated rings. The quantitative estimate of drug-likeness (QED) is 0.148. The summed E-state index contributed by atoms with van der Waals surface area (Å²) in [6.45, 7) is 4.25. The van der Waals surface area contributed by atoms with E-state index in [9.17, 15) is 17.6 Å². The summed E-state index contributed by atoms with van der Waals surface area (Å²) in [4.78, 5) is 0. The Labute approximate surface area is 217 Å². The van der Waals surface area contributed by atoms with Crippen LogP contribution in [0.1, 0.15) is 81.0 Å². The van der Waals surface area contributed by atoms with E-state index in [4.69, 9.17) is 9.47 Å². The van der Waals surface area contributed by atoms with Gasteiger partial charge in [0.25, 0.3) is 0 Å². The molecule has 0 N–H and O–H groups in total. The summed E-state index contributed by atoms with van der Waals surface area (Å²) in [7, 11) is 0. The molecule has 37 heavy (non-hydrogen) atoms. The summed E-state index contributed by atoms with van der Waals surface area (Å²) in [5.41, 5.74) is 1.06. The maximum atomic E-state index is 14.7. The molecule has 6 heteroatoms. The Kier molecular flexibility index (Phi) is 10.4. The minimum atomic E-state index is -3.68. The van der Waals surface area contributed by atoms with Crippen molar-refractivity contribution in [3.63, 3.8) is 0 Å². The molecule has 0 spiro atoms. The van der Waals surface area contributed by atoms with Gasteiger partial charge in [-0.05, 0) is 85.3 Å². The zero-order valence-electron chi connectivity index (χ0n) is 21.6. The van der Waals surface area contributed by atoms with Gasteiger partial charge in [-0.3, -0.25) is 0 Å². The van der Waals surface area contributed by atoms with Crippen molar-refractivity contribution in [1.82, 2.24) is 0 Å². The van der Waals surface area contributed by atoms with Crippen molar-refractivity contribution >= 4 is 0 Å². The van der Waals surface area contributed by atoms with Crippen LogP contribution in [0.2, 0.25) is 0 Å². The van der Waals surface area contributed by atoms with Crippen LogP contribution in [0.15, 0.2) is 72.8 Å². The number of hydrogen-bond acceptors (Lipinski definition) is 2. The Hall–Kier alpha value is -3.02. The molecule has 0 aliphatic rings. The highest BCUT2D eigenvalue weighted by Crippen LogP contribution is 2.36. The molecule has 0 unspecified atom stereocenters. The first-order valence-corrected chi connectivity index (χ1v) is 13.2. The van der Waals surface area contributed by atoms with Crippen molar-refractivity contribution < 1.29 is 27.0 Å². The largest absolute Gasteiger partial charge is 0.429 e. The summed E-state index contributed by atoms with van der Waals surface area (Å²) in [6.07, 6.45) is 2.28. The average molecular weight is 517 g/mol. The van der Waals surface area contributed by atoms with Crippen LogP contribution in [0, 0.1) is 0 Å². The second-order valence-corrected chi connectivity index (χ2v) is 9.37. The first kappa shape index (κ1) is 28.5. The van der Waals surface area contributed by atoms with Gasteiger partial charge in [-0.1, -0.05) is 70.2 Å². The number of benzene rings is 3. The summed E-state index contributed by atoms with van der Waals surface area (Å²) >= 11 is 0. The van der Waals surface area contributed by atoms with Gasteiger partial charge in [-0.2, -0.15) is 17.6 Å². The summed E-state index contributed by atoms with van der Waals surface area (Å²) in [5.74, 6) is 0.0206. The van der Waals surface area contributed by atoms with E-state index in [0.717, 1.165) is 73.9 Å². The summed E-state index contributed by atoms with van der Waals surface area (Å²) < 4.78 is 68.6. The molecular formula is C31H36F4O2. The average Bonchev–Trinajstić information content (AvgIpc) is 2.89. The lowest BCUT2D eigenvalue weighted by Crippen LogP contribution is -2.24. The lowest BCUT2D eigenvalue weighted by Gasteiger charge is -2.21. The van der Waals surface area contributed by atoms with Crippen molar-refractivity contribution in [1.29, 1.82) is 0 Å². The highest BCUT2D eigenvalue weighted by molar-refractivity contribution is 5.32. The van der Waals surface area contributed by atoms with Crippen molar-refractivity contribution in [2.75, 3.05) is 0 Å². The molecule has 0 saturated carbocycles. The summed E-state index contributed by atoms with van der Waals surface area (Å²) in [5, 5.41) is 0. The Morgan fingerprint density at radius 3 is 1.27 bits per heavy atom. The Morgan fingerprint density at radius 1 is 0.486 bits per heavy atom. The molecule has 0 bridgehead atoms. The Bertz CT molecular complexity index is 1060. The lowest BCUT2D eigenvalue weighted by molar-refractivity contribution is -0.188. The van der Waals surface area contributed by atoms with E-state index in [1.807, 2.05) is 0 Å². The monoisotopic (exact) mass is 516 g/mol. The van der Waals surface area contributed by atoms with Crippen molar-refractivity contribution in [2.24, 2.45) is 0 Å². The van der Waals surface area contributed by atoms with E-state index in [1.54, 1.807) is 24.3 Å². The van der Waals surface area contributed by atoms with Crippen LogP contribution in [0.25, 0.3) is 0 Å². The number of rotatable bonds is 15. The molecule has 0 amide bonds. The van der Waals surface area contributed by atoms with Gasteiger partial charge in [0.2, 0.25) is 0 Å². The van der Waals surface area contributed by atoms with Crippen LogP contribution < -0.4 is 9.47 Å². The lowest BCUT2D eigenvalue weighted by atomic mass is 10.1. The van der Waals surface area contributed by atoms with E-state index in [1.165, 1.54) is 43.5 Å². The molecule has 0 aliphatic heterocycles. The van der Waals surface area contributed by atoms with Crippen LogP contribution in [0.3, 0.4) is 0 Å². The van der Waals surface area contributed by atoms with Crippen molar-refractivity contribution in [3.8, 4) is 11.5 Å². The van der Waals surface area contributed by atoms with E-state index >= 15 is 0 Å². The number of halogens is 4.